The van der Waals surface area contributed by atoms with Gasteiger partial charge in [0.25, 0.3) is 5.91 Å². The number of benzene rings is 2. The number of aromatic amines is 1. The van der Waals surface area contributed by atoms with Crippen molar-refractivity contribution in [1.82, 2.24) is 35.7 Å². The molecule has 13 heteroatoms. The molecule has 3 N–H and O–H groups in total. The number of halogens is 1. The third-order valence-corrected chi connectivity index (χ3v) is 9.25. The Kier molecular flexibility index (Phi) is 9.07. The number of pyridine rings is 1. The summed E-state index contributed by atoms with van der Waals surface area (Å²) in [6.07, 6.45) is 6.50. The van der Waals surface area contributed by atoms with Crippen molar-refractivity contribution in [2.75, 3.05) is 64.9 Å². The number of hydrogen-bond donors (Lipinski definition) is 3. The predicted molar refractivity (Wildman–Crippen MR) is 185 cm³/mol. The van der Waals surface area contributed by atoms with E-state index in [0.717, 1.165) is 22.5 Å². The van der Waals surface area contributed by atoms with E-state index in [9.17, 15) is 9.59 Å². The van der Waals surface area contributed by atoms with Crippen molar-refractivity contribution in [3.05, 3.63) is 90.1 Å². The van der Waals surface area contributed by atoms with Crippen molar-refractivity contribution in [2.24, 2.45) is 0 Å². The molecule has 254 valence electrons. The van der Waals surface area contributed by atoms with Crippen LogP contribution in [0.25, 0.3) is 27.6 Å². The summed E-state index contributed by atoms with van der Waals surface area (Å²) in [5.41, 5.74) is 8.98. The number of fused-ring (bicyclic) bond motifs is 1. The van der Waals surface area contributed by atoms with Gasteiger partial charge in [-0.1, -0.05) is 30.3 Å². The summed E-state index contributed by atoms with van der Waals surface area (Å²) in [5, 5.41) is 2.38. The molecule has 4 aromatic rings. The zero-order valence-corrected chi connectivity index (χ0v) is 27.5. The number of ether oxygens (including phenoxy) is 2. The molecule has 5 heterocycles. The molecule has 49 heavy (non-hydrogen) atoms. The van der Waals surface area contributed by atoms with Crippen LogP contribution in [0.15, 0.2) is 73.1 Å². The molecule has 0 spiro atoms. The molecule has 0 unspecified atom stereocenters. The lowest BCUT2D eigenvalue weighted by Crippen LogP contribution is -2.49. The number of rotatable bonds is 9. The van der Waals surface area contributed by atoms with Crippen LogP contribution >= 0.6 is 0 Å². The van der Waals surface area contributed by atoms with Gasteiger partial charge < -0.3 is 34.6 Å². The number of amides is 2. The van der Waals surface area contributed by atoms with E-state index in [1.807, 2.05) is 54.7 Å². The third-order valence-electron chi connectivity index (χ3n) is 9.25. The van der Waals surface area contributed by atoms with Crippen molar-refractivity contribution in [1.29, 1.82) is 0 Å². The van der Waals surface area contributed by atoms with Gasteiger partial charge in [0.15, 0.2) is 5.82 Å². The van der Waals surface area contributed by atoms with E-state index in [1.165, 1.54) is 0 Å². The number of nitrogens with zero attached hydrogens (tertiary/aromatic N) is 5. The van der Waals surface area contributed by atoms with Crippen LogP contribution in [0.3, 0.4) is 0 Å². The second kappa shape index (κ2) is 13.9. The van der Waals surface area contributed by atoms with Gasteiger partial charge in [-0.05, 0) is 41.8 Å². The number of H-pyrrole nitrogens is 1. The van der Waals surface area contributed by atoms with E-state index in [0.29, 0.717) is 80.4 Å². The average molecular weight is 667 g/mol. The fourth-order valence-electron chi connectivity index (χ4n) is 6.64. The summed E-state index contributed by atoms with van der Waals surface area (Å²) >= 11 is 0. The number of anilines is 1. The number of aromatic nitrogens is 2. The van der Waals surface area contributed by atoms with Gasteiger partial charge in [-0.3, -0.25) is 14.6 Å². The Labute approximate surface area is 283 Å². The molecule has 3 aliphatic heterocycles. The van der Waals surface area contributed by atoms with Crippen LogP contribution in [0.5, 0.6) is 11.6 Å². The monoisotopic (exact) mass is 666 g/mol. The highest BCUT2D eigenvalue weighted by atomic mass is 19.1. The standard InChI is InChI=1S/C36H39FN8O4/c1-48-30-9-4-3-8-25(30)27-21-26(24-7-6-14-44(23-24)33(46)12-15-45-16-13-38-41-45)34(37)35-28(27)22-29(39-35)36(47)43-19-17-42(18-20-43)31-10-5-11-32(40-31)49-2/h3-5,7-11,13,16,21-22,38-39,41H,6,12,14-15,17-20,23H2,1-2H3. The smallest absolute Gasteiger partial charge is 0.270 e. The highest BCUT2D eigenvalue weighted by Crippen LogP contribution is 2.40. The molecular formula is C36H39FN8O4. The van der Waals surface area contributed by atoms with Crippen LogP contribution in [0.4, 0.5) is 10.2 Å². The average Bonchev–Trinajstić information content (AvgIpc) is 3.85. The maximum absolute atomic E-state index is 16.6. The quantitative estimate of drug-likeness (QED) is 0.242. The molecule has 12 nitrogen and oxygen atoms in total. The first-order valence-corrected chi connectivity index (χ1v) is 16.4. The zero-order chi connectivity index (χ0) is 33.9. The minimum Gasteiger partial charge on any atom is -0.496 e. The number of hydrazine groups is 2. The number of nitrogens with one attached hydrogen (secondary N) is 3. The zero-order valence-electron chi connectivity index (χ0n) is 27.5. The van der Waals surface area contributed by atoms with Crippen LogP contribution in [0.1, 0.15) is 28.9 Å². The molecule has 0 saturated carbocycles. The van der Waals surface area contributed by atoms with E-state index in [1.54, 1.807) is 47.4 Å². The fraction of sp³-hybridized carbons (Fsp3) is 0.306. The van der Waals surface area contributed by atoms with Gasteiger partial charge >= 0.3 is 0 Å². The van der Waals surface area contributed by atoms with Crippen LogP contribution in [0, 0.1) is 5.82 Å². The number of piperazine rings is 1. The van der Waals surface area contributed by atoms with Crippen LogP contribution in [0.2, 0.25) is 0 Å². The van der Waals surface area contributed by atoms with Crippen LogP contribution in [-0.2, 0) is 4.79 Å². The normalized spacial score (nSPS) is 16.2. The molecule has 7 rings (SSSR count). The van der Waals surface area contributed by atoms with Gasteiger partial charge in [-0.15, -0.1) is 5.53 Å². The van der Waals surface area contributed by atoms with E-state index < -0.39 is 5.82 Å². The SMILES string of the molecule is COc1cccc(N2CCN(C(=O)c3cc4c(-c5ccccc5OC)cc(C5=CCCN(C(=O)CCN6C=CNN6)C5)c(F)c4[nH]3)CC2)n1. The highest BCUT2D eigenvalue weighted by Gasteiger charge is 2.28. The summed E-state index contributed by atoms with van der Waals surface area (Å²) in [6.45, 7) is 3.52. The Morgan fingerprint density at radius 3 is 2.53 bits per heavy atom. The second-order valence-electron chi connectivity index (χ2n) is 12.1. The first-order valence-electron chi connectivity index (χ1n) is 16.4. The van der Waals surface area contributed by atoms with E-state index >= 15 is 4.39 Å². The summed E-state index contributed by atoms with van der Waals surface area (Å²) in [7, 11) is 3.19. The van der Waals surface area contributed by atoms with Gasteiger partial charge in [-0.2, -0.15) is 4.98 Å². The third kappa shape index (κ3) is 6.49. The van der Waals surface area contributed by atoms with Gasteiger partial charge in [0.2, 0.25) is 11.8 Å². The Bertz CT molecular complexity index is 1930. The van der Waals surface area contributed by atoms with E-state index in [2.05, 4.69) is 25.8 Å². The van der Waals surface area contributed by atoms with Crippen molar-refractivity contribution in [2.45, 2.75) is 12.8 Å². The summed E-state index contributed by atoms with van der Waals surface area (Å²) in [5.74, 6) is 1.30. The molecule has 1 fully saturated rings. The molecule has 0 atom stereocenters. The maximum Gasteiger partial charge on any atom is 0.270 e. The molecule has 0 radical (unpaired) electrons. The topological polar surface area (TPSA) is 118 Å². The number of hydrogen-bond acceptors (Lipinski definition) is 9. The van der Waals surface area contributed by atoms with Crippen LogP contribution < -0.4 is 25.3 Å². The van der Waals surface area contributed by atoms with E-state index in [-0.39, 0.29) is 23.9 Å². The van der Waals surface area contributed by atoms with Gasteiger partial charge in [0, 0.05) is 87.2 Å². The number of para-hydroxylation sites is 1. The molecule has 0 bridgehead atoms. The molecule has 0 aliphatic carbocycles. The van der Waals surface area contributed by atoms with Gasteiger partial charge in [0.05, 0.1) is 19.7 Å². The lowest BCUT2D eigenvalue weighted by molar-refractivity contribution is -0.131. The van der Waals surface area contributed by atoms with Crippen molar-refractivity contribution >= 4 is 34.1 Å². The minimum absolute atomic E-state index is 0.00539. The Balaban J connectivity index is 1.18. The molecular weight excluding hydrogens is 627 g/mol. The molecule has 2 aromatic carbocycles. The van der Waals surface area contributed by atoms with Gasteiger partial charge in [-0.25, -0.2) is 4.39 Å². The number of methoxy groups -OCH3 is 2. The lowest BCUT2D eigenvalue weighted by Gasteiger charge is -2.35. The minimum atomic E-state index is -0.459. The maximum atomic E-state index is 16.6. The first kappa shape index (κ1) is 32.0. The Morgan fingerprint density at radius 1 is 0.918 bits per heavy atom. The predicted octanol–water partition coefficient (Wildman–Crippen LogP) is 4.15. The summed E-state index contributed by atoms with van der Waals surface area (Å²) in [6, 6.07) is 16.8. The summed E-state index contributed by atoms with van der Waals surface area (Å²) < 4.78 is 27.6. The van der Waals surface area contributed by atoms with Crippen LogP contribution in [-0.4, -0.2) is 96.6 Å². The molecule has 3 aliphatic rings. The Hall–Kier alpha value is -5.56. The number of carbonyl (C=O) groups excluding carboxylic acids is 2. The second-order valence-corrected chi connectivity index (χ2v) is 12.1. The first-order chi connectivity index (χ1) is 23.9. The summed E-state index contributed by atoms with van der Waals surface area (Å²) in [4.78, 5) is 40.4. The molecule has 2 amide bonds. The molecule has 1 saturated heterocycles. The molecule has 2 aromatic heterocycles. The van der Waals surface area contributed by atoms with Crippen molar-refractivity contribution in [3.8, 4) is 22.8 Å². The lowest BCUT2D eigenvalue weighted by atomic mass is 9.93. The Morgan fingerprint density at radius 2 is 1.76 bits per heavy atom. The largest absolute Gasteiger partial charge is 0.496 e. The van der Waals surface area contributed by atoms with E-state index in [4.69, 9.17) is 9.47 Å². The fourth-order valence-corrected chi connectivity index (χ4v) is 6.64. The van der Waals surface area contributed by atoms with Crippen molar-refractivity contribution in [3.63, 3.8) is 0 Å². The van der Waals surface area contributed by atoms with Crippen molar-refractivity contribution < 1.29 is 23.5 Å². The number of carbonyl (C=O) groups is 2. The van der Waals surface area contributed by atoms with Gasteiger partial charge in [0.1, 0.15) is 17.3 Å². The highest BCUT2D eigenvalue weighted by molar-refractivity contribution is 6.05.